The van der Waals surface area contributed by atoms with Gasteiger partial charge in [-0.15, -0.1) is 0 Å². The maximum absolute atomic E-state index is 5.79. The van der Waals surface area contributed by atoms with Crippen LogP contribution in [0.2, 0.25) is 0 Å². The van der Waals surface area contributed by atoms with Gasteiger partial charge in [-0.1, -0.05) is 13.8 Å². The van der Waals surface area contributed by atoms with Crippen LogP contribution < -0.4 is 5.32 Å². The van der Waals surface area contributed by atoms with Crippen LogP contribution in [0, 0.1) is 11.3 Å². The van der Waals surface area contributed by atoms with Crippen LogP contribution >= 0.6 is 0 Å². The van der Waals surface area contributed by atoms with Gasteiger partial charge in [0.15, 0.2) is 0 Å². The molecule has 0 saturated carbocycles. The molecule has 0 radical (unpaired) electrons. The second kappa shape index (κ2) is 8.98. The van der Waals surface area contributed by atoms with Gasteiger partial charge in [0.1, 0.15) is 0 Å². The molecule has 120 valence electrons. The van der Waals surface area contributed by atoms with Crippen LogP contribution in [0.4, 0.5) is 0 Å². The van der Waals surface area contributed by atoms with Crippen molar-refractivity contribution in [2.24, 2.45) is 11.3 Å². The van der Waals surface area contributed by atoms with E-state index in [4.69, 9.17) is 4.74 Å². The van der Waals surface area contributed by atoms with Gasteiger partial charge in [-0.2, -0.15) is 0 Å². The molecule has 1 aliphatic heterocycles. The van der Waals surface area contributed by atoms with E-state index in [9.17, 15) is 0 Å². The van der Waals surface area contributed by atoms with Gasteiger partial charge < -0.3 is 19.9 Å². The van der Waals surface area contributed by atoms with Gasteiger partial charge in [-0.05, 0) is 39.9 Å². The number of likely N-dealkylation sites (N-methyl/N-ethyl adjacent to an activating group) is 1. The number of hydrogen-bond acceptors (Lipinski definition) is 4. The average Bonchev–Trinajstić information content (AvgIpc) is 2.36. The third-order valence-electron chi connectivity index (χ3n) is 4.00. The predicted molar refractivity (Wildman–Crippen MR) is 86.2 cm³/mol. The Morgan fingerprint density at radius 3 is 2.50 bits per heavy atom. The van der Waals surface area contributed by atoms with Crippen molar-refractivity contribution >= 4 is 0 Å². The maximum Gasteiger partial charge on any atom is 0.0546 e. The highest BCUT2D eigenvalue weighted by atomic mass is 16.5. The van der Waals surface area contributed by atoms with Gasteiger partial charge in [0.2, 0.25) is 0 Å². The zero-order chi connectivity index (χ0) is 15.0. The number of nitrogens with one attached hydrogen (secondary N) is 1. The topological polar surface area (TPSA) is 27.7 Å². The van der Waals surface area contributed by atoms with Crippen LogP contribution in [-0.4, -0.2) is 76.9 Å². The molecule has 1 N–H and O–H groups in total. The molecule has 0 spiro atoms. The van der Waals surface area contributed by atoms with Crippen molar-refractivity contribution in [3.8, 4) is 0 Å². The normalized spacial score (nSPS) is 24.0. The fourth-order valence-electron chi connectivity index (χ4n) is 3.17. The molecule has 1 fully saturated rings. The molecule has 0 aliphatic carbocycles. The van der Waals surface area contributed by atoms with Gasteiger partial charge in [0, 0.05) is 44.7 Å². The fraction of sp³-hybridized carbons (Fsp3) is 1.00. The predicted octanol–water partition coefficient (Wildman–Crippen LogP) is 1.52. The zero-order valence-corrected chi connectivity index (χ0v) is 14.2. The molecule has 1 atom stereocenters. The van der Waals surface area contributed by atoms with Crippen molar-refractivity contribution in [2.45, 2.75) is 26.7 Å². The Hall–Kier alpha value is -0.160. The van der Waals surface area contributed by atoms with Gasteiger partial charge in [-0.25, -0.2) is 0 Å². The summed E-state index contributed by atoms with van der Waals surface area (Å²) < 4.78 is 5.79. The van der Waals surface area contributed by atoms with Crippen molar-refractivity contribution in [3.05, 3.63) is 0 Å². The quantitative estimate of drug-likeness (QED) is 0.695. The number of nitrogens with zero attached hydrogens (tertiary/aromatic N) is 2. The molecular weight excluding hydrogens is 250 g/mol. The fourth-order valence-corrected chi connectivity index (χ4v) is 3.17. The zero-order valence-electron chi connectivity index (χ0n) is 14.2. The summed E-state index contributed by atoms with van der Waals surface area (Å²) in [4.78, 5) is 4.91. The lowest BCUT2D eigenvalue weighted by atomic mass is 9.81. The van der Waals surface area contributed by atoms with Crippen LogP contribution in [0.1, 0.15) is 26.7 Å². The first-order chi connectivity index (χ1) is 9.47. The SMILES string of the molecule is CNCC1(CN(CCN(C)C)CC(C)C)CCCOC1. The summed E-state index contributed by atoms with van der Waals surface area (Å²) in [5.74, 6) is 0.716. The monoisotopic (exact) mass is 285 g/mol. The summed E-state index contributed by atoms with van der Waals surface area (Å²) >= 11 is 0. The minimum absolute atomic E-state index is 0.300. The van der Waals surface area contributed by atoms with E-state index in [1.165, 1.54) is 19.4 Å². The molecule has 1 rings (SSSR count). The summed E-state index contributed by atoms with van der Waals surface area (Å²) in [6.45, 7) is 12.1. The summed E-state index contributed by atoms with van der Waals surface area (Å²) in [7, 11) is 6.37. The number of rotatable bonds is 9. The Morgan fingerprint density at radius 1 is 1.25 bits per heavy atom. The molecule has 1 saturated heterocycles. The second-order valence-electron chi connectivity index (χ2n) is 7.12. The van der Waals surface area contributed by atoms with Crippen molar-refractivity contribution in [3.63, 3.8) is 0 Å². The van der Waals surface area contributed by atoms with E-state index >= 15 is 0 Å². The Kier molecular flexibility index (Phi) is 8.03. The van der Waals surface area contributed by atoms with E-state index in [-0.39, 0.29) is 0 Å². The summed E-state index contributed by atoms with van der Waals surface area (Å²) in [5.41, 5.74) is 0.300. The second-order valence-corrected chi connectivity index (χ2v) is 7.12. The minimum atomic E-state index is 0.300. The molecule has 4 heteroatoms. The highest BCUT2D eigenvalue weighted by Crippen LogP contribution is 2.29. The van der Waals surface area contributed by atoms with Crippen molar-refractivity contribution in [1.29, 1.82) is 0 Å². The average molecular weight is 285 g/mol. The third kappa shape index (κ3) is 6.53. The van der Waals surface area contributed by atoms with Crippen LogP contribution in [-0.2, 0) is 4.74 Å². The molecule has 0 aromatic heterocycles. The number of hydrogen-bond donors (Lipinski definition) is 1. The van der Waals surface area contributed by atoms with Crippen LogP contribution in [0.25, 0.3) is 0 Å². The molecular formula is C16H35N3O. The van der Waals surface area contributed by atoms with Gasteiger partial charge in [0.05, 0.1) is 6.61 Å². The first-order valence-corrected chi connectivity index (χ1v) is 8.07. The molecule has 0 aromatic rings. The van der Waals surface area contributed by atoms with Gasteiger partial charge in [-0.3, -0.25) is 0 Å². The van der Waals surface area contributed by atoms with E-state index in [1.807, 2.05) is 0 Å². The first-order valence-electron chi connectivity index (χ1n) is 8.07. The molecule has 1 unspecified atom stereocenters. The summed E-state index contributed by atoms with van der Waals surface area (Å²) in [5, 5.41) is 3.38. The Balaban J connectivity index is 2.62. The molecule has 0 aromatic carbocycles. The van der Waals surface area contributed by atoms with Crippen LogP contribution in [0.15, 0.2) is 0 Å². The lowest BCUT2D eigenvalue weighted by molar-refractivity contribution is -0.0274. The standard InChI is InChI=1S/C16H35N3O/c1-15(2)11-19(9-8-18(4)5)13-16(12-17-3)7-6-10-20-14-16/h15,17H,6-14H2,1-5H3. The smallest absolute Gasteiger partial charge is 0.0546 e. The molecule has 20 heavy (non-hydrogen) atoms. The number of ether oxygens (including phenoxy) is 1. The van der Waals surface area contributed by atoms with E-state index in [1.54, 1.807) is 0 Å². The van der Waals surface area contributed by atoms with Crippen molar-refractivity contribution in [1.82, 2.24) is 15.1 Å². The van der Waals surface area contributed by atoms with Gasteiger partial charge >= 0.3 is 0 Å². The highest BCUT2D eigenvalue weighted by Gasteiger charge is 2.34. The lowest BCUT2D eigenvalue weighted by Crippen LogP contribution is -2.50. The van der Waals surface area contributed by atoms with E-state index in [0.717, 1.165) is 39.4 Å². The van der Waals surface area contributed by atoms with E-state index in [2.05, 4.69) is 50.1 Å². The Morgan fingerprint density at radius 2 is 2.00 bits per heavy atom. The maximum atomic E-state index is 5.79. The van der Waals surface area contributed by atoms with Crippen LogP contribution in [0.3, 0.4) is 0 Å². The lowest BCUT2D eigenvalue weighted by Gasteiger charge is -2.41. The highest BCUT2D eigenvalue weighted by molar-refractivity contribution is 4.87. The molecule has 4 nitrogen and oxygen atoms in total. The Labute approximate surface area is 125 Å². The summed E-state index contributed by atoms with van der Waals surface area (Å²) in [6.07, 6.45) is 2.48. The van der Waals surface area contributed by atoms with Crippen molar-refractivity contribution in [2.75, 3.05) is 67.1 Å². The third-order valence-corrected chi connectivity index (χ3v) is 4.00. The van der Waals surface area contributed by atoms with E-state index in [0.29, 0.717) is 11.3 Å². The molecule has 0 bridgehead atoms. The molecule has 1 heterocycles. The van der Waals surface area contributed by atoms with E-state index < -0.39 is 0 Å². The van der Waals surface area contributed by atoms with Crippen molar-refractivity contribution < 1.29 is 4.74 Å². The minimum Gasteiger partial charge on any atom is -0.381 e. The largest absolute Gasteiger partial charge is 0.381 e. The molecule has 1 aliphatic rings. The van der Waals surface area contributed by atoms with Gasteiger partial charge in [0.25, 0.3) is 0 Å². The first kappa shape index (κ1) is 17.9. The molecule has 0 amide bonds. The Bertz CT molecular complexity index is 245. The summed E-state index contributed by atoms with van der Waals surface area (Å²) in [6, 6.07) is 0. The van der Waals surface area contributed by atoms with Crippen LogP contribution in [0.5, 0.6) is 0 Å².